The molecule has 4 heteroatoms. The van der Waals surface area contributed by atoms with Crippen molar-refractivity contribution >= 4 is 17.6 Å². The summed E-state index contributed by atoms with van der Waals surface area (Å²) in [6.07, 6.45) is 0.275. The maximum Gasteiger partial charge on any atom is 0.345 e. The molecule has 0 aliphatic carbocycles. The quantitative estimate of drug-likeness (QED) is 0.864. The van der Waals surface area contributed by atoms with Gasteiger partial charge in [-0.2, -0.15) is 0 Å². The Morgan fingerprint density at radius 3 is 2.50 bits per heavy atom. The predicted octanol–water partition coefficient (Wildman–Crippen LogP) is 4.29. The highest BCUT2D eigenvalue weighted by Crippen LogP contribution is 2.23. The van der Waals surface area contributed by atoms with Gasteiger partial charge in [0.05, 0.1) is 0 Å². The summed E-state index contributed by atoms with van der Waals surface area (Å²) in [5.74, 6) is -0.457. The largest absolute Gasteiger partial charge is 0.478 e. The van der Waals surface area contributed by atoms with E-state index in [0.717, 1.165) is 23.1 Å². The smallest absolute Gasteiger partial charge is 0.345 e. The van der Waals surface area contributed by atoms with E-state index in [-0.39, 0.29) is 0 Å². The summed E-state index contributed by atoms with van der Waals surface area (Å²) in [5.41, 5.74) is 3.00. The Morgan fingerprint density at radius 1 is 1.23 bits per heavy atom. The van der Waals surface area contributed by atoms with Gasteiger partial charge < -0.3 is 9.84 Å². The van der Waals surface area contributed by atoms with E-state index in [2.05, 4.69) is 6.92 Å². The van der Waals surface area contributed by atoms with Crippen molar-refractivity contribution in [1.82, 2.24) is 0 Å². The molecule has 0 unspecified atom stereocenters. The molecule has 116 valence electrons. The number of carboxylic acid groups (broad SMARTS) is 1. The first kappa shape index (κ1) is 16.4. The summed E-state index contributed by atoms with van der Waals surface area (Å²) in [6.45, 7) is 3.91. The van der Waals surface area contributed by atoms with Crippen molar-refractivity contribution in [2.75, 3.05) is 0 Å². The van der Waals surface area contributed by atoms with E-state index in [9.17, 15) is 9.90 Å². The molecular formula is C18H19ClO3. The fourth-order valence-corrected chi connectivity index (χ4v) is 2.45. The topological polar surface area (TPSA) is 46.5 Å². The third-order valence-electron chi connectivity index (χ3n) is 3.59. The number of rotatable bonds is 6. The van der Waals surface area contributed by atoms with Crippen molar-refractivity contribution in [2.24, 2.45) is 0 Å². The molecule has 2 aromatic carbocycles. The number of carbonyl (C=O) groups is 1. The molecular weight excluding hydrogens is 300 g/mol. The van der Waals surface area contributed by atoms with Gasteiger partial charge in [0.2, 0.25) is 0 Å². The molecule has 0 radical (unpaired) electrons. The van der Waals surface area contributed by atoms with Gasteiger partial charge in [-0.3, -0.25) is 0 Å². The van der Waals surface area contributed by atoms with Crippen LogP contribution in [0.5, 0.6) is 5.75 Å². The molecule has 0 bridgehead atoms. The molecule has 1 atom stereocenters. The maximum absolute atomic E-state index is 11.5. The van der Waals surface area contributed by atoms with Crippen molar-refractivity contribution in [2.45, 2.75) is 32.8 Å². The second-order valence-corrected chi connectivity index (χ2v) is 5.59. The third-order valence-corrected chi connectivity index (χ3v) is 4.01. The van der Waals surface area contributed by atoms with Gasteiger partial charge in [0, 0.05) is 11.4 Å². The maximum atomic E-state index is 11.5. The molecule has 0 spiro atoms. The SMILES string of the molecule is CCc1ccccc1C[C@@H](Oc1ccc(Cl)c(C)c1)C(=O)O. The van der Waals surface area contributed by atoms with Crippen LogP contribution in [-0.4, -0.2) is 17.2 Å². The summed E-state index contributed by atoms with van der Waals surface area (Å²) in [4.78, 5) is 11.5. The molecule has 0 aliphatic heterocycles. The molecule has 0 saturated carbocycles. The molecule has 0 aromatic heterocycles. The third kappa shape index (κ3) is 4.01. The van der Waals surface area contributed by atoms with Gasteiger partial charge in [0.1, 0.15) is 5.75 Å². The Balaban J connectivity index is 2.20. The van der Waals surface area contributed by atoms with E-state index < -0.39 is 12.1 Å². The van der Waals surface area contributed by atoms with Crippen molar-refractivity contribution in [3.8, 4) is 5.75 Å². The van der Waals surface area contributed by atoms with E-state index in [1.807, 2.05) is 31.2 Å². The van der Waals surface area contributed by atoms with Gasteiger partial charge in [0.25, 0.3) is 0 Å². The van der Waals surface area contributed by atoms with Crippen LogP contribution in [0.4, 0.5) is 0 Å². The Hall–Kier alpha value is -2.00. The predicted molar refractivity (Wildman–Crippen MR) is 87.8 cm³/mol. The first-order chi connectivity index (χ1) is 10.5. The summed E-state index contributed by atoms with van der Waals surface area (Å²) < 4.78 is 5.66. The first-order valence-corrected chi connectivity index (χ1v) is 7.61. The van der Waals surface area contributed by atoms with Crippen molar-refractivity contribution in [3.05, 3.63) is 64.2 Å². The van der Waals surface area contributed by atoms with Crippen LogP contribution in [-0.2, 0) is 17.6 Å². The fraction of sp³-hybridized carbons (Fsp3) is 0.278. The molecule has 2 rings (SSSR count). The zero-order chi connectivity index (χ0) is 16.1. The summed E-state index contributed by atoms with van der Waals surface area (Å²) in [5, 5.41) is 10.1. The number of aliphatic carboxylic acids is 1. The first-order valence-electron chi connectivity index (χ1n) is 7.23. The second kappa shape index (κ2) is 7.32. The highest BCUT2D eigenvalue weighted by Gasteiger charge is 2.21. The molecule has 1 N–H and O–H groups in total. The molecule has 0 heterocycles. The fourth-order valence-electron chi connectivity index (χ4n) is 2.34. The van der Waals surface area contributed by atoms with E-state index in [1.165, 1.54) is 0 Å². The Labute approximate surface area is 135 Å². The normalized spacial score (nSPS) is 12.0. The highest BCUT2D eigenvalue weighted by molar-refractivity contribution is 6.31. The number of carboxylic acids is 1. The Kier molecular flexibility index (Phi) is 5.45. The standard InChI is InChI=1S/C18H19ClO3/c1-3-13-6-4-5-7-14(13)11-17(18(20)21)22-15-8-9-16(19)12(2)10-15/h4-10,17H,3,11H2,1-2H3,(H,20,21)/t17-/m1/s1. The summed E-state index contributed by atoms with van der Waals surface area (Å²) >= 11 is 5.98. The van der Waals surface area contributed by atoms with Crippen molar-refractivity contribution in [3.63, 3.8) is 0 Å². The number of aryl methyl sites for hydroxylation is 2. The highest BCUT2D eigenvalue weighted by atomic mass is 35.5. The molecule has 22 heavy (non-hydrogen) atoms. The second-order valence-electron chi connectivity index (χ2n) is 5.18. The van der Waals surface area contributed by atoms with Crippen LogP contribution in [0.3, 0.4) is 0 Å². The number of hydrogen-bond donors (Lipinski definition) is 1. The molecule has 0 saturated heterocycles. The number of ether oxygens (including phenoxy) is 1. The summed E-state index contributed by atoms with van der Waals surface area (Å²) in [6, 6.07) is 13.0. The van der Waals surface area contributed by atoms with Crippen LogP contribution in [0.25, 0.3) is 0 Å². The van der Waals surface area contributed by atoms with Gasteiger partial charge in [-0.25, -0.2) is 4.79 Å². The van der Waals surface area contributed by atoms with Crippen molar-refractivity contribution in [1.29, 1.82) is 0 Å². The van der Waals surface area contributed by atoms with Crippen LogP contribution in [0.15, 0.2) is 42.5 Å². The van der Waals surface area contributed by atoms with Gasteiger partial charge in [-0.1, -0.05) is 42.8 Å². The minimum absolute atomic E-state index is 0.334. The van der Waals surface area contributed by atoms with E-state index in [1.54, 1.807) is 18.2 Å². The van der Waals surface area contributed by atoms with Crippen LogP contribution < -0.4 is 4.74 Å². The lowest BCUT2D eigenvalue weighted by Gasteiger charge is -2.17. The van der Waals surface area contributed by atoms with Gasteiger partial charge in [-0.05, 0) is 48.2 Å². The van der Waals surface area contributed by atoms with Crippen LogP contribution in [0.2, 0.25) is 5.02 Å². The molecule has 0 aliphatic rings. The minimum atomic E-state index is -0.974. The summed E-state index contributed by atoms with van der Waals surface area (Å²) in [7, 11) is 0. The molecule has 0 fully saturated rings. The van der Waals surface area contributed by atoms with Crippen LogP contribution in [0, 0.1) is 6.92 Å². The van der Waals surface area contributed by atoms with E-state index in [4.69, 9.17) is 16.3 Å². The zero-order valence-corrected chi connectivity index (χ0v) is 13.4. The van der Waals surface area contributed by atoms with Crippen molar-refractivity contribution < 1.29 is 14.6 Å². The van der Waals surface area contributed by atoms with Gasteiger partial charge >= 0.3 is 5.97 Å². The van der Waals surface area contributed by atoms with Crippen LogP contribution in [0.1, 0.15) is 23.6 Å². The van der Waals surface area contributed by atoms with Gasteiger partial charge in [0.15, 0.2) is 6.10 Å². The van der Waals surface area contributed by atoms with Gasteiger partial charge in [-0.15, -0.1) is 0 Å². The lowest BCUT2D eigenvalue weighted by atomic mass is 10.00. The van der Waals surface area contributed by atoms with E-state index >= 15 is 0 Å². The molecule has 3 nitrogen and oxygen atoms in total. The number of hydrogen-bond acceptors (Lipinski definition) is 2. The monoisotopic (exact) mass is 318 g/mol. The molecule has 0 amide bonds. The Morgan fingerprint density at radius 2 is 1.91 bits per heavy atom. The average molecular weight is 319 g/mol. The van der Waals surface area contributed by atoms with E-state index in [0.29, 0.717) is 17.2 Å². The lowest BCUT2D eigenvalue weighted by Crippen LogP contribution is -2.29. The number of halogens is 1. The Bertz CT molecular complexity index is 667. The lowest BCUT2D eigenvalue weighted by molar-refractivity contribution is -0.145. The minimum Gasteiger partial charge on any atom is -0.478 e. The zero-order valence-electron chi connectivity index (χ0n) is 12.7. The average Bonchev–Trinajstić information content (AvgIpc) is 2.50. The van der Waals surface area contributed by atoms with Crippen LogP contribution >= 0.6 is 11.6 Å². The molecule has 2 aromatic rings. The number of benzene rings is 2.